The number of carboxylic acids is 1. The minimum Gasteiger partial charge on any atom is -0.481 e. The number of rotatable bonds is 5. The van der Waals surface area contributed by atoms with Crippen LogP contribution < -0.4 is 0 Å². The lowest BCUT2D eigenvalue weighted by atomic mass is 9.41. The molecule has 0 radical (unpaired) electrons. The van der Waals surface area contributed by atoms with E-state index in [0.29, 0.717) is 45.8 Å². The van der Waals surface area contributed by atoms with Gasteiger partial charge in [-0.25, -0.2) is 0 Å². The van der Waals surface area contributed by atoms with Crippen LogP contribution in [-0.4, -0.2) is 23.1 Å². The van der Waals surface area contributed by atoms with Crippen molar-refractivity contribution in [2.75, 3.05) is 0 Å². The number of esters is 1. The average molecular weight is 459 g/mol. The van der Waals surface area contributed by atoms with Crippen LogP contribution >= 0.6 is 0 Å². The first-order chi connectivity index (χ1) is 15.3. The van der Waals surface area contributed by atoms with E-state index in [9.17, 15) is 14.7 Å². The zero-order valence-corrected chi connectivity index (χ0v) is 21.8. The molecule has 1 N–H and O–H groups in total. The highest BCUT2D eigenvalue weighted by molar-refractivity contribution is 5.66. The summed E-state index contributed by atoms with van der Waals surface area (Å²) < 4.78 is 5.86. The Morgan fingerprint density at radius 2 is 1.58 bits per heavy atom. The Morgan fingerprint density at radius 3 is 2.24 bits per heavy atom. The van der Waals surface area contributed by atoms with E-state index in [1.165, 1.54) is 51.4 Å². The second kappa shape index (κ2) is 7.23. The molecular formula is C29H46O4. The molecule has 0 saturated heterocycles. The summed E-state index contributed by atoms with van der Waals surface area (Å²) in [6.45, 7) is 13.9. The van der Waals surface area contributed by atoms with Crippen molar-refractivity contribution in [1.29, 1.82) is 0 Å². The van der Waals surface area contributed by atoms with Gasteiger partial charge in [-0.2, -0.15) is 0 Å². The lowest BCUT2D eigenvalue weighted by Crippen LogP contribution is -2.58. The standard InChI is InChI=1S/C29H46O4/c1-18(7-10-24(31)32)20-11-13-27(6)22-9-8-21-25(3,4)23(33-19(2)30)12-14-28(21)17-29(22,28)16-15-26(20,27)5/h18,20-23H,7-17H2,1-6H3,(H,31,32)/t18-,20-,21+,22?,23?,26?,27+,28?,29?/m1/s1. The van der Waals surface area contributed by atoms with E-state index in [-0.39, 0.29) is 17.5 Å². The van der Waals surface area contributed by atoms with E-state index in [4.69, 9.17) is 4.74 Å². The second-order valence-electron chi connectivity index (χ2n) is 14.0. The smallest absolute Gasteiger partial charge is 0.303 e. The summed E-state index contributed by atoms with van der Waals surface area (Å²) >= 11 is 0. The first-order valence-electron chi connectivity index (χ1n) is 13.7. The van der Waals surface area contributed by atoms with Crippen LogP contribution in [0.15, 0.2) is 0 Å². The Labute approximate surface area is 200 Å². The average Bonchev–Trinajstić information content (AvgIpc) is 3.31. The van der Waals surface area contributed by atoms with Crippen LogP contribution in [-0.2, 0) is 14.3 Å². The third-order valence-corrected chi connectivity index (χ3v) is 12.9. The molecule has 33 heavy (non-hydrogen) atoms. The van der Waals surface area contributed by atoms with Crippen LogP contribution in [0.2, 0.25) is 0 Å². The Bertz CT molecular complexity index is 849. The fraction of sp³-hybridized carbons (Fsp3) is 0.931. The molecule has 0 aromatic carbocycles. The maximum atomic E-state index is 11.8. The van der Waals surface area contributed by atoms with Crippen molar-refractivity contribution in [3.05, 3.63) is 0 Å². The minimum atomic E-state index is -0.652. The van der Waals surface area contributed by atoms with Crippen molar-refractivity contribution in [3.63, 3.8) is 0 Å². The van der Waals surface area contributed by atoms with Gasteiger partial charge in [0, 0.05) is 18.8 Å². The molecule has 0 heterocycles. The maximum absolute atomic E-state index is 11.8. The number of carboxylic acid groups (broad SMARTS) is 1. The van der Waals surface area contributed by atoms with E-state index in [1.54, 1.807) is 6.92 Å². The molecule has 4 nitrogen and oxygen atoms in total. The molecule has 0 aliphatic heterocycles. The Balaban J connectivity index is 1.41. The van der Waals surface area contributed by atoms with Crippen molar-refractivity contribution >= 4 is 11.9 Å². The number of aliphatic carboxylic acids is 1. The van der Waals surface area contributed by atoms with Gasteiger partial charge in [0.15, 0.2) is 0 Å². The number of carbonyl (C=O) groups is 2. The highest BCUT2D eigenvalue weighted by Gasteiger charge is 2.82. The van der Waals surface area contributed by atoms with Gasteiger partial charge in [0.2, 0.25) is 0 Å². The summed E-state index contributed by atoms with van der Waals surface area (Å²) in [6, 6.07) is 0. The minimum absolute atomic E-state index is 0.0591. The summed E-state index contributed by atoms with van der Waals surface area (Å²) in [7, 11) is 0. The summed E-state index contributed by atoms with van der Waals surface area (Å²) in [6.07, 6.45) is 12.7. The molecule has 5 rings (SSSR count). The Kier molecular flexibility index (Phi) is 5.19. The fourth-order valence-corrected chi connectivity index (χ4v) is 11.3. The van der Waals surface area contributed by atoms with Crippen LogP contribution in [0.4, 0.5) is 0 Å². The van der Waals surface area contributed by atoms with Crippen molar-refractivity contribution in [2.24, 2.45) is 50.7 Å². The summed E-state index contributed by atoms with van der Waals surface area (Å²) in [5.41, 5.74) is 1.74. The summed E-state index contributed by atoms with van der Waals surface area (Å²) in [4.78, 5) is 23.0. The van der Waals surface area contributed by atoms with Crippen LogP contribution in [0, 0.1) is 50.7 Å². The molecular weight excluding hydrogens is 412 g/mol. The Hall–Kier alpha value is -1.06. The van der Waals surface area contributed by atoms with Gasteiger partial charge in [-0.05, 0) is 110 Å². The van der Waals surface area contributed by atoms with Gasteiger partial charge in [-0.15, -0.1) is 0 Å². The van der Waals surface area contributed by atoms with E-state index >= 15 is 0 Å². The topological polar surface area (TPSA) is 63.6 Å². The third-order valence-electron chi connectivity index (χ3n) is 12.9. The fourth-order valence-electron chi connectivity index (χ4n) is 11.3. The first kappa shape index (κ1) is 23.7. The molecule has 5 aliphatic rings. The number of hydrogen-bond donors (Lipinski definition) is 1. The normalized spacial score (nSPS) is 50.2. The SMILES string of the molecule is CC(=O)OC1CCC23CC24CCC2(C)[C@@H]([C@H](C)CCC(=O)O)CC[C@@]2(C)C4CC[C@H]3C1(C)C. The molecule has 186 valence electrons. The molecule has 4 heteroatoms. The van der Waals surface area contributed by atoms with Crippen molar-refractivity contribution in [2.45, 2.75) is 118 Å². The van der Waals surface area contributed by atoms with Gasteiger partial charge in [0.1, 0.15) is 6.10 Å². The van der Waals surface area contributed by atoms with Crippen LogP contribution in [0.25, 0.3) is 0 Å². The number of hydrogen-bond acceptors (Lipinski definition) is 3. The van der Waals surface area contributed by atoms with Gasteiger partial charge in [-0.3, -0.25) is 9.59 Å². The molecule has 2 spiro atoms. The van der Waals surface area contributed by atoms with Gasteiger partial charge in [0.05, 0.1) is 0 Å². The predicted molar refractivity (Wildman–Crippen MR) is 128 cm³/mol. The lowest BCUT2D eigenvalue weighted by Gasteiger charge is -2.63. The molecule has 0 amide bonds. The van der Waals surface area contributed by atoms with Gasteiger partial charge >= 0.3 is 11.9 Å². The van der Waals surface area contributed by atoms with E-state index < -0.39 is 5.97 Å². The first-order valence-corrected chi connectivity index (χ1v) is 13.7. The molecule has 5 saturated carbocycles. The molecule has 0 aromatic heterocycles. The van der Waals surface area contributed by atoms with Gasteiger partial charge < -0.3 is 9.84 Å². The Morgan fingerprint density at radius 1 is 0.909 bits per heavy atom. The second-order valence-corrected chi connectivity index (χ2v) is 14.0. The summed E-state index contributed by atoms with van der Waals surface area (Å²) in [5.74, 6) is 1.84. The maximum Gasteiger partial charge on any atom is 0.303 e. The summed E-state index contributed by atoms with van der Waals surface area (Å²) in [5, 5.41) is 9.24. The number of carbonyl (C=O) groups excluding carboxylic acids is 1. The molecule has 5 aliphatic carbocycles. The van der Waals surface area contributed by atoms with Crippen molar-refractivity contribution < 1.29 is 19.4 Å². The van der Waals surface area contributed by atoms with E-state index in [2.05, 4.69) is 34.6 Å². The zero-order chi connectivity index (χ0) is 24.0. The van der Waals surface area contributed by atoms with Crippen molar-refractivity contribution in [1.82, 2.24) is 0 Å². The van der Waals surface area contributed by atoms with Crippen molar-refractivity contribution in [3.8, 4) is 0 Å². The third kappa shape index (κ3) is 2.94. The number of ether oxygens (including phenoxy) is 1. The molecule has 9 atom stereocenters. The van der Waals surface area contributed by atoms with Gasteiger partial charge in [0.25, 0.3) is 0 Å². The quantitative estimate of drug-likeness (QED) is 0.457. The van der Waals surface area contributed by atoms with E-state index in [1.807, 2.05) is 0 Å². The number of fused-ring (bicyclic) bond motifs is 2. The predicted octanol–water partition coefficient (Wildman–Crippen LogP) is 6.86. The monoisotopic (exact) mass is 458 g/mol. The van der Waals surface area contributed by atoms with Crippen LogP contribution in [0.5, 0.6) is 0 Å². The van der Waals surface area contributed by atoms with Gasteiger partial charge in [-0.1, -0.05) is 34.6 Å². The lowest BCUT2D eigenvalue weighted by molar-refractivity contribution is -0.181. The molecule has 5 fully saturated rings. The zero-order valence-electron chi connectivity index (χ0n) is 21.8. The molecule has 0 aromatic rings. The van der Waals surface area contributed by atoms with E-state index in [0.717, 1.165) is 18.8 Å². The largest absolute Gasteiger partial charge is 0.481 e. The molecule has 0 bridgehead atoms. The van der Waals surface area contributed by atoms with Crippen LogP contribution in [0.3, 0.4) is 0 Å². The molecule has 5 unspecified atom stereocenters. The highest BCUT2D eigenvalue weighted by Crippen LogP contribution is 2.89. The van der Waals surface area contributed by atoms with Crippen LogP contribution in [0.1, 0.15) is 112 Å². The highest BCUT2D eigenvalue weighted by atomic mass is 16.5.